The van der Waals surface area contributed by atoms with Crippen LogP contribution in [0.4, 0.5) is 13.2 Å². The Balaban J connectivity index is 1.83. The Bertz CT molecular complexity index is 1080. The minimum atomic E-state index is -4.41. The highest BCUT2D eigenvalue weighted by atomic mass is 19.4. The first-order valence-corrected chi connectivity index (χ1v) is 8.93. The predicted octanol–water partition coefficient (Wildman–Crippen LogP) is 5.19. The molecule has 0 saturated carbocycles. The highest BCUT2D eigenvalue weighted by molar-refractivity contribution is 5.95. The van der Waals surface area contributed by atoms with Crippen LogP contribution in [0, 0.1) is 20.8 Å². The summed E-state index contributed by atoms with van der Waals surface area (Å²) in [5.41, 5.74) is 5.82. The number of aromatic nitrogens is 1. The first-order valence-electron chi connectivity index (χ1n) is 8.93. The predicted molar refractivity (Wildman–Crippen MR) is 106 cm³/mol. The highest BCUT2D eigenvalue weighted by Crippen LogP contribution is 2.31. The van der Waals surface area contributed by atoms with Crippen molar-refractivity contribution in [2.75, 3.05) is 0 Å². The Labute approximate surface area is 166 Å². The van der Waals surface area contributed by atoms with E-state index in [4.69, 9.17) is 0 Å². The molecule has 1 amide bonds. The zero-order chi connectivity index (χ0) is 21.2. The molecule has 150 valence electrons. The van der Waals surface area contributed by atoms with Crippen LogP contribution in [-0.2, 0) is 6.18 Å². The monoisotopic (exact) mass is 399 g/mol. The van der Waals surface area contributed by atoms with E-state index in [1.807, 2.05) is 13.0 Å². The van der Waals surface area contributed by atoms with E-state index in [2.05, 4.69) is 10.5 Å². The molecule has 3 aromatic rings. The second kappa shape index (κ2) is 7.95. The van der Waals surface area contributed by atoms with Gasteiger partial charge >= 0.3 is 6.18 Å². The fourth-order valence-electron chi connectivity index (χ4n) is 3.15. The highest BCUT2D eigenvalue weighted by Gasteiger charge is 2.30. The van der Waals surface area contributed by atoms with E-state index in [9.17, 15) is 18.0 Å². The van der Waals surface area contributed by atoms with Crippen LogP contribution >= 0.6 is 0 Å². The van der Waals surface area contributed by atoms with Crippen molar-refractivity contribution < 1.29 is 18.0 Å². The van der Waals surface area contributed by atoms with Crippen LogP contribution in [0.3, 0.4) is 0 Å². The van der Waals surface area contributed by atoms with Crippen molar-refractivity contribution in [2.24, 2.45) is 5.10 Å². The van der Waals surface area contributed by atoms with E-state index >= 15 is 0 Å². The van der Waals surface area contributed by atoms with Crippen LogP contribution in [0.2, 0.25) is 0 Å². The molecule has 1 N–H and O–H groups in total. The summed E-state index contributed by atoms with van der Waals surface area (Å²) >= 11 is 0. The smallest absolute Gasteiger partial charge is 0.318 e. The third kappa shape index (κ3) is 4.56. The van der Waals surface area contributed by atoms with Crippen molar-refractivity contribution in [3.05, 3.63) is 88.2 Å². The average Bonchev–Trinajstić information content (AvgIpc) is 2.94. The maximum Gasteiger partial charge on any atom is 0.416 e. The number of rotatable bonds is 4. The summed E-state index contributed by atoms with van der Waals surface area (Å²) in [6, 6.07) is 14.1. The molecule has 0 unspecified atom stereocenters. The summed E-state index contributed by atoms with van der Waals surface area (Å²) in [6.45, 7) is 5.48. The van der Waals surface area contributed by atoms with Crippen molar-refractivity contribution in [2.45, 2.75) is 26.9 Å². The summed E-state index contributed by atoms with van der Waals surface area (Å²) in [5.74, 6) is -0.336. The average molecular weight is 399 g/mol. The van der Waals surface area contributed by atoms with Crippen LogP contribution in [0.15, 0.2) is 59.7 Å². The van der Waals surface area contributed by atoms with Crippen molar-refractivity contribution in [3.63, 3.8) is 0 Å². The molecular formula is C22H20F3N3O. The number of hydrazone groups is 1. The van der Waals surface area contributed by atoms with Gasteiger partial charge in [0.2, 0.25) is 0 Å². The third-order valence-corrected chi connectivity index (χ3v) is 4.55. The fraction of sp³-hybridized carbons (Fsp3) is 0.182. The van der Waals surface area contributed by atoms with Gasteiger partial charge in [0, 0.05) is 28.2 Å². The molecule has 0 atom stereocenters. The lowest BCUT2D eigenvalue weighted by molar-refractivity contribution is -0.137. The normalized spacial score (nSPS) is 11.8. The molecular weight excluding hydrogens is 379 g/mol. The van der Waals surface area contributed by atoms with E-state index in [1.54, 1.807) is 48.7 Å². The van der Waals surface area contributed by atoms with Gasteiger partial charge in [0.15, 0.2) is 0 Å². The Morgan fingerprint density at radius 3 is 2.45 bits per heavy atom. The number of amides is 1. The second-order valence-corrected chi connectivity index (χ2v) is 6.78. The number of aryl methyl sites for hydroxylation is 2. The van der Waals surface area contributed by atoms with E-state index in [-0.39, 0.29) is 5.91 Å². The molecule has 0 aliphatic rings. The summed E-state index contributed by atoms with van der Waals surface area (Å²) in [4.78, 5) is 12.2. The molecule has 1 aromatic heterocycles. The number of halogens is 3. The summed E-state index contributed by atoms with van der Waals surface area (Å²) in [6.07, 6.45) is -2.92. The standard InChI is InChI=1S/C22H20F3N3O/c1-14-6-4-7-17(10-14)21(29)27-26-13-18-11-15(2)28(16(18)3)20-9-5-8-19(12-20)22(23,24)25/h4-13H,1-3H3,(H,27,29). The van der Waals surface area contributed by atoms with Crippen molar-refractivity contribution in [1.29, 1.82) is 0 Å². The van der Waals surface area contributed by atoms with E-state index < -0.39 is 11.7 Å². The number of hydrogen-bond donors (Lipinski definition) is 1. The third-order valence-electron chi connectivity index (χ3n) is 4.55. The number of benzene rings is 2. The molecule has 0 saturated heterocycles. The maximum absolute atomic E-state index is 13.0. The van der Waals surface area contributed by atoms with E-state index in [1.165, 1.54) is 12.3 Å². The van der Waals surface area contributed by atoms with Crippen LogP contribution < -0.4 is 5.43 Å². The largest absolute Gasteiger partial charge is 0.416 e. The number of nitrogens with one attached hydrogen (secondary N) is 1. The molecule has 0 spiro atoms. The molecule has 3 rings (SSSR count). The number of hydrogen-bond acceptors (Lipinski definition) is 2. The zero-order valence-corrected chi connectivity index (χ0v) is 16.2. The van der Waals surface area contributed by atoms with Crippen molar-refractivity contribution >= 4 is 12.1 Å². The van der Waals surface area contributed by atoms with Gasteiger partial charge in [0.1, 0.15) is 0 Å². The fourth-order valence-corrected chi connectivity index (χ4v) is 3.15. The van der Waals surface area contributed by atoms with E-state index in [0.717, 1.165) is 29.1 Å². The lowest BCUT2D eigenvalue weighted by atomic mass is 10.1. The minimum absolute atomic E-state index is 0.336. The topological polar surface area (TPSA) is 46.4 Å². The number of carbonyl (C=O) groups excluding carboxylic acids is 1. The first-order chi connectivity index (χ1) is 13.7. The quantitative estimate of drug-likeness (QED) is 0.477. The molecule has 29 heavy (non-hydrogen) atoms. The van der Waals surface area contributed by atoms with E-state index in [0.29, 0.717) is 16.8 Å². The minimum Gasteiger partial charge on any atom is -0.318 e. The Kier molecular flexibility index (Phi) is 5.59. The van der Waals surface area contributed by atoms with Crippen molar-refractivity contribution in [1.82, 2.24) is 9.99 Å². The van der Waals surface area contributed by atoms with Gasteiger partial charge in [-0.2, -0.15) is 18.3 Å². The number of carbonyl (C=O) groups is 1. The molecule has 0 radical (unpaired) electrons. The molecule has 0 aliphatic carbocycles. The van der Waals surface area contributed by atoms with Gasteiger partial charge in [-0.05, 0) is 57.2 Å². The van der Waals surface area contributed by atoms with Gasteiger partial charge in [0.05, 0.1) is 11.8 Å². The molecule has 0 bridgehead atoms. The Morgan fingerprint density at radius 2 is 1.76 bits per heavy atom. The zero-order valence-electron chi connectivity index (χ0n) is 16.2. The summed E-state index contributed by atoms with van der Waals surface area (Å²) in [5, 5.41) is 4.00. The summed E-state index contributed by atoms with van der Waals surface area (Å²) < 4.78 is 40.8. The van der Waals surface area contributed by atoms with Crippen LogP contribution in [0.25, 0.3) is 5.69 Å². The number of nitrogens with zero attached hydrogens (tertiary/aromatic N) is 2. The van der Waals surface area contributed by atoms with Gasteiger partial charge in [-0.1, -0.05) is 23.8 Å². The molecule has 7 heteroatoms. The SMILES string of the molecule is Cc1cccc(C(=O)NN=Cc2cc(C)n(-c3cccc(C(F)(F)F)c3)c2C)c1. The van der Waals surface area contributed by atoms with Crippen LogP contribution in [-0.4, -0.2) is 16.7 Å². The molecule has 1 heterocycles. The lowest BCUT2D eigenvalue weighted by Gasteiger charge is -2.13. The second-order valence-electron chi connectivity index (χ2n) is 6.78. The first kappa shape index (κ1) is 20.4. The molecule has 4 nitrogen and oxygen atoms in total. The molecule has 0 fully saturated rings. The maximum atomic E-state index is 13.0. The van der Waals surface area contributed by atoms with Gasteiger partial charge in [-0.3, -0.25) is 4.79 Å². The molecule has 2 aromatic carbocycles. The number of alkyl halides is 3. The Morgan fingerprint density at radius 1 is 1.03 bits per heavy atom. The van der Waals surface area contributed by atoms with Gasteiger partial charge in [0.25, 0.3) is 5.91 Å². The van der Waals surface area contributed by atoms with Crippen molar-refractivity contribution in [3.8, 4) is 5.69 Å². The van der Waals surface area contributed by atoms with Crippen LogP contribution in [0.5, 0.6) is 0 Å². The molecule has 0 aliphatic heterocycles. The van der Waals surface area contributed by atoms with Gasteiger partial charge in [-0.25, -0.2) is 5.43 Å². The summed E-state index contributed by atoms with van der Waals surface area (Å²) in [7, 11) is 0. The lowest BCUT2D eigenvalue weighted by Crippen LogP contribution is -2.17. The Hall–Kier alpha value is -3.35. The van der Waals surface area contributed by atoms with Gasteiger partial charge in [-0.15, -0.1) is 0 Å². The van der Waals surface area contributed by atoms with Crippen LogP contribution in [0.1, 0.15) is 38.4 Å². The van der Waals surface area contributed by atoms with Gasteiger partial charge < -0.3 is 4.57 Å².